The number of aliphatic hydroxyl groups excluding tert-OH is 1. The molecule has 0 saturated heterocycles. The third kappa shape index (κ3) is 8.10. The van der Waals surface area contributed by atoms with Crippen LogP contribution in [0.2, 0.25) is 5.02 Å². The molecule has 8 nitrogen and oxygen atoms in total. The van der Waals surface area contributed by atoms with Crippen LogP contribution >= 0.6 is 27.5 Å². The number of nitrogens with one attached hydrogen (secondary N) is 3. The van der Waals surface area contributed by atoms with E-state index in [4.69, 9.17) is 16.7 Å². The summed E-state index contributed by atoms with van der Waals surface area (Å²) in [4.78, 5) is 35.8. The fourth-order valence-electron chi connectivity index (χ4n) is 3.32. The van der Waals surface area contributed by atoms with Crippen LogP contribution in [0, 0.1) is 0 Å². The van der Waals surface area contributed by atoms with Crippen molar-refractivity contribution in [3.63, 3.8) is 0 Å². The topological polar surface area (TPSA) is 128 Å². The average Bonchev–Trinajstić information content (AvgIpc) is 2.83. The van der Waals surface area contributed by atoms with E-state index in [2.05, 4.69) is 32.1 Å². The lowest BCUT2D eigenvalue weighted by molar-refractivity contribution is -0.147. The van der Waals surface area contributed by atoms with E-state index in [1.54, 1.807) is 30.3 Å². The number of benzene rings is 3. The Morgan fingerprint density at radius 1 is 0.914 bits per heavy atom. The van der Waals surface area contributed by atoms with Gasteiger partial charge >= 0.3 is 17.8 Å². The second kappa shape index (κ2) is 12.3. The Labute approximate surface area is 215 Å². The lowest BCUT2D eigenvalue weighted by Gasteiger charge is -2.20. The zero-order valence-corrected chi connectivity index (χ0v) is 20.7. The predicted molar refractivity (Wildman–Crippen MR) is 137 cm³/mol. The number of carbonyl (C=O) groups is 3. The van der Waals surface area contributed by atoms with Gasteiger partial charge in [-0.15, -0.1) is 0 Å². The molecule has 0 fully saturated rings. The molecular weight excluding hydrogens is 538 g/mol. The monoisotopic (exact) mass is 559 g/mol. The van der Waals surface area contributed by atoms with E-state index >= 15 is 0 Å². The highest BCUT2D eigenvalue weighted by atomic mass is 79.9. The number of amides is 2. The SMILES string of the molecule is O=C(NNc1ccc(Br)cc1)C(=O)N[C@H](Cc1ccc(-c2cccc(Cl)c2)cc1)C[C@@H](O)C(=O)O. The van der Waals surface area contributed by atoms with Crippen molar-refractivity contribution >= 4 is 51.0 Å². The second-order valence-electron chi connectivity index (χ2n) is 7.76. The minimum Gasteiger partial charge on any atom is -0.479 e. The lowest BCUT2D eigenvalue weighted by Crippen LogP contribution is -2.48. The molecule has 0 spiro atoms. The van der Waals surface area contributed by atoms with Gasteiger partial charge in [0.1, 0.15) is 0 Å². The molecule has 2 amide bonds. The van der Waals surface area contributed by atoms with Gasteiger partial charge in [-0.05, 0) is 59.5 Å². The number of halogens is 2. The van der Waals surface area contributed by atoms with Gasteiger partial charge in [-0.3, -0.25) is 20.4 Å². The number of aliphatic hydroxyl groups is 1. The summed E-state index contributed by atoms with van der Waals surface area (Å²) in [5.41, 5.74) is 8.13. The first-order valence-electron chi connectivity index (χ1n) is 10.6. The van der Waals surface area contributed by atoms with Crippen LogP contribution in [0.1, 0.15) is 12.0 Å². The van der Waals surface area contributed by atoms with Gasteiger partial charge in [0.25, 0.3) is 0 Å². The van der Waals surface area contributed by atoms with Crippen molar-refractivity contribution in [2.45, 2.75) is 25.0 Å². The zero-order chi connectivity index (χ0) is 25.4. The molecule has 0 unspecified atom stereocenters. The lowest BCUT2D eigenvalue weighted by atomic mass is 9.98. The molecule has 10 heteroatoms. The number of hydrogen-bond acceptors (Lipinski definition) is 5. The van der Waals surface area contributed by atoms with Gasteiger partial charge in [-0.2, -0.15) is 0 Å². The van der Waals surface area contributed by atoms with Crippen LogP contribution in [-0.2, 0) is 20.8 Å². The number of carboxylic acids is 1. The van der Waals surface area contributed by atoms with E-state index in [0.717, 1.165) is 21.2 Å². The highest BCUT2D eigenvalue weighted by molar-refractivity contribution is 9.10. The van der Waals surface area contributed by atoms with Crippen LogP contribution in [0.3, 0.4) is 0 Å². The Kier molecular flexibility index (Phi) is 9.25. The minimum absolute atomic E-state index is 0.208. The number of aliphatic carboxylic acids is 1. The van der Waals surface area contributed by atoms with Crippen molar-refractivity contribution in [3.8, 4) is 11.1 Å². The van der Waals surface area contributed by atoms with Gasteiger partial charge in [0.05, 0.1) is 5.69 Å². The molecule has 5 N–H and O–H groups in total. The van der Waals surface area contributed by atoms with E-state index in [1.807, 2.05) is 42.5 Å². The molecule has 0 aliphatic heterocycles. The summed E-state index contributed by atoms with van der Waals surface area (Å²) in [6, 6.07) is 20.9. The maximum Gasteiger partial charge on any atom is 0.332 e. The maximum atomic E-state index is 12.4. The number of rotatable bonds is 9. The summed E-state index contributed by atoms with van der Waals surface area (Å²) in [7, 11) is 0. The average molecular weight is 561 g/mol. The van der Waals surface area contributed by atoms with Crippen molar-refractivity contribution in [1.29, 1.82) is 0 Å². The molecule has 35 heavy (non-hydrogen) atoms. The van der Waals surface area contributed by atoms with Crippen LogP contribution in [0.4, 0.5) is 5.69 Å². The molecule has 3 aromatic rings. The van der Waals surface area contributed by atoms with Crippen molar-refractivity contribution in [1.82, 2.24) is 10.7 Å². The van der Waals surface area contributed by atoms with Crippen molar-refractivity contribution in [2.24, 2.45) is 0 Å². The van der Waals surface area contributed by atoms with Gasteiger partial charge in [-0.25, -0.2) is 4.79 Å². The highest BCUT2D eigenvalue weighted by Gasteiger charge is 2.24. The van der Waals surface area contributed by atoms with Gasteiger partial charge in [-0.1, -0.05) is 63.9 Å². The molecule has 2 atom stereocenters. The molecule has 0 aliphatic rings. The Bertz CT molecular complexity index is 1190. The summed E-state index contributed by atoms with van der Waals surface area (Å²) < 4.78 is 0.854. The number of carbonyl (C=O) groups excluding carboxylic acids is 2. The van der Waals surface area contributed by atoms with Crippen LogP contribution in [0.5, 0.6) is 0 Å². The molecular formula is C25H23BrClN3O5. The third-order valence-electron chi connectivity index (χ3n) is 5.09. The Hall–Kier alpha value is -3.40. The van der Waals surface area contributed by atoms with Crippen molar-refractivity contribution < 1.29 is 24.6 Å². The van der Waals surface area contributed by atoms with Crippen LogP contribution in [0.25, 0.3) is 11.1 Å². The standard InChI is InChI=1S/C25H23BrClN3O5/c26-18-8-10-20(11-9-18)29-30-24(33)23(32)28-21(14-22(31)25(34)35)12-15-4-6-16(7-5-15)17-2-1-3-19(27)13-17/h1-11,13,21-22,29,31H,12,14H2,(H,28,32)(H,30,33)(H,34,35)/t21-,22-/m1/s1. The molecule has 0 heterocycles. The van der Waals surface area contributed by atoms with Gasteiger partial charge in [0.15, 0.2) is 6.10 Å². The van der Waals surface area contributed by atoms with E-state index in [0.29, 0.717) is 10.7 Å². The van der Waals surface area contributed by atoms with Gasteiger partial charge < -0.3 is 15.5 Å². The molecule has 3 rings (SSSR count). The normalized spacial score (nSPS) is 12.3. The fourth-order valence-corrected chi connectivity index (χ4v) is 3.77. The summed E-state index contributed by atoms with van der Waals surface area (Å²) in [6.07, 6.45) is -1.76. The smallest absolute Gasteiger partial charge is 0.332 e. The van der Waals surface area contributed by atoms with E-state index in [1.165, 1.54) is 0 Å². The predicted octanol–water partition coefficient (Wildman–Crippen LogP) is 3.78. The number of carboxylic acid groups (broad SMARTS) is 1. The van der Waals surface area contributed by atoms with Crippen molar-refractivity contribution in [2.75, 3.05) is 5.43 Å². The number of hydrazine groups is 1. The molecule has 3 aromatic carbocycles. The zero-order valence-electron chi connectivity index (χ0n) is 18.4. The van der Waals surface area contributed by atoms with Crippen LogP contribution < -0.4 is 16.2 Å². The Morgan fingerprint density at radius 3 is 2.23 bits per heavy atom. The maximum absolute atomic E-state index is 12.4. The van der Waals surface area contributed by atoms with Gasteiger partial charge in [0.2, 0.25) is 0 Å². The molecule has 0 aromatic heterocycles. The first-order valence-corrected chi connectivity index (χ1v) is 11.8. The van der Waals surface area contributed by atoms with E-state index in [9.17, 15) is 19.5 Å². The molecule has 0 saturated carbocycles. The third-order valence-corrected chi connectivity index (χ3v) is 5.86. The largest absolute Gasteiger partial charge is 0.479 e. The molecule has 0 bridgehead atoms. The number of hydrogen-bond donors (Lipinski definition) is 5. The fraction of sp³-hybridized carbons (Fsp3) is 0.160. The van der Waals surface area contributed by atoms with E-state index < -0.39 is 29.9 Å². The first-order chi connectivity index (χ1) is 16.7. The van der Waals surface area contributed by atoms with Gasteiger partial charge in [0, 0.05) is 22.0 Å². The molecule has 0 aliphatic carbocycles. The highest BCUT2D eigenvalue weighted by Crippen LogP contribution is 2.23. The quantitative estimate of drug-likeness (QED) is 0.200. The Balaban J connectivity index is 1.65. The summed E-state index contributed by atoms with van der Waals surface area (Å²) >= 11 is 9.36. The summed E-state index contributed by atoms with van der Waals surface area (Å²) in [5.74, 6) is -3.34. The van der Waals surface area contributed by atoms with Crippen LogP contribution in [0.15, 0.2) is 77.3 Å². The second-order valence-corrected chi connectivity index (χ2v) is 9.11. The van der Waals surface area contributed by atoms with E-state index in [-0.39, 0.29) is 12.8 Å². The Morgan fingerprint density at radius 2 is 1.60 bits per heavy atom. The number of anilines is 1. The van der Waals surface area contributed by atoms with Crippen LogP contribution in [-0.4, -0.2) is 40.1 Å². The summed E-state index contributed by atoms with van der Waals surface area (Å²) in [5, 5.41) is 22.1. The minimum atomic E-state index is -1.70. The molecule has 0 radical (unpaired) electrons. The molecule has 182 valence electrons. The summed E-state index contributed by atoms with van der Waals surface area (Å²) in [6.45, 7) is 0. The first kappa shape index (κ1) is 26.2. The van der Waals surface area contributed by atoms with Crippen molar-refractivity contribution in [3.05, 3.63) is 87.9 Å².